The molecule has 3 aromatic rings. The molecule has 0 aliphatic rings. The van der Waals surface area contributed by atoms with Gasteiger partial charge in [-0.05, 0) is 84.1 Å². The highest BCUT2D eigenvalue weighted by molar-refractivity contribution is 9.10. The molecule has 3 rings (SSSR count). The monoisotopic (exact) mass is 542 g/mol. The number of hydrazone groups is 1. The van der Waals surface area contributed by atoms with E-state index in [1.165, 1.54) is 6.21 Å². The lowest BCUT2D eigenvalue weighted by Crippen LogP contribution is -2.25. The molecule has 0 aliphatic heterocycles. The Morgan fingerprint density at radius 2 is 1.85 bits per heavy atom. The maximum Gasteiger partial charge on any atom is 0.343 e. The first-order valence-corrected chi connectivity index (χ1v) is 11.7. The van der Waals surface area contributed by atoms with Crippen molar-refractivity contribution in [2.45, 2.75) is 26.7 Å². The fraction of sp³-hybridized carbons (Fsp3) is 0.192. The van der Waals surface area contributed by atoms with Crippen molar-refractivity contribution in [3.05, 3.63) is 92.4 Å². The lowest BCUT2D eigenvalue weighted by molar-refractivity contribution is -0.123. The zero-order chi connectivity index (χ0) is 24.7. The molecule has 34 heavy (non-hydrogen) atoms. The molecule has 0 spiro atoms. The van der Waals surface area contributed by atoms with Crippen LogP contribution in [0.2, 0.25) is 5.02 Å². The molecule has 0 aromatic heterocycles. The van der Waals surface area contributed by atoms with Crippen LogP contribution in [0.5, 0.6) is 11.5 Å². The van der Waals surface area contributed by atoms with Gasteiger partial charge in [-0.25, -0.2) is 10.2 Å². The van der Waals surface area contributed by atoms with Crippen molar-refractivity contribution in [2.75, 3.05) is 6.61 Å². The molecule has 0 heterocycles. The topological polar surface area (TPSA) is 77.0 Å². The highest BCUT2D eigenvalue weighted by Crippen LogP contribution is 2.32. The maximum absolute atomic E-state index is 12.2. The van der Waals surface area contributed by atoms with Crippen LogP contribution in [0, 0.1) is 6.92 Å². The van der Waals surface area contributed by atoms with Gasteiger partial charge in [-0.1, -0.05) is 47.4 Å². The Bertz CT molecular complexity index is 1210. The van der Waals surface area contributed by atoms with Gasteiger partial charge in [0.2, 0.25) is 0 Å². The van der Waals surface area contributed by atoms with Crippen molar-refractivity contribution >= 4 is 45.6 Å². The van der Waals surface area contributed by atoms with Crippen LogP contribution in [0.3, 0.4) is 0 Å². The van der Waals surface area contributed by atoms with E-state index in [0.29, 0.717) is 22.1 Å². The van der Waals surface area contributed by atoms with E-state index >= 15 is 0 Å². The summed E-state index contributed by atoms with van der Waals surface area (Å²) in [5.74, 6) is 0.431. The molecule has 6 nitrogen and oxygen atoms in total. The normalized spacial score (nSPS) is 11.0. The van der Waals surface area contributed by atoms with Crippen molar-refractivity contribution in [3.63, 3.8) is 0 Å². The molecule has 3 aromatic carbocycles. The zero-order valence-corrected chi connectivity index (χ0v) is 21.3. The third-order valence-electron chi connectivity index (χ3n) is 4.83. The Morgan fingerprint density at radius 3 is 2.53 bits per heavy atom. The second kappa shape index (κ2) is 11.8. The summed E-state index contributed by atoms with van der Waals surface area (Å²) in [6, 6.07) is 17.2. The first-order valence-electron chi connectivity index (χ1n) is 10.6. The summed E-state index contributed by atoms with van der Waals surface area (Å²) < 4.78 is 12.1. The number of ether oxygens (including phenoxy) is 2. The lowest BCUT2D eigenvalue weighted by Gasteiger charge is -2.15. The van der Waals surface area contributed by atoms with Gasteiger partial charge >= 0.3 is 5.97 Å². The van der Waals surface area contributed by atoms with E-state index in [9.17, 15) is 9.59 Å². The van der Waals surface area contributed by atoms with Crippen LogP contribution in [-0.4, -0.2) is 24.7 Å². The third kappa shape index (κ3) is 7.17. The Kier molecular flexibility index (Phi) is 8.85. The average Bonchev–Trinajstić information content (AvgIpc) is 2.80. The molecule has 0 radical (unpaired) electrons. The molecular weight excluding hydrogens is 520 g/mol. The van der Waals surface area contributed by atoms with Gasteiger partial charge in [0.25, 0.3) is 5.91 Å². The van der Waals surface area contributed by atoms with Gasteiger partial charge in [-0.15, -0.1) is 0 Å². The fourth-order valence-electron chi connectivity index (χ4n) is 3.00. The molecule has 0 aliphatic carbocycles. The van der Waals surface area contributed by atoms with E-state index in [2.05, 4.69) is 40.3 Å². The highest BCUT2D eigenvalue weighted by atomic mass is 79.9. The number of amides is 1. The summed E-state index contributed by atoms with van der Waals surface area (Å²) in [6.45, 7) is 5.95. The summed E-state index contributed by atoms with van der Waals surface area (Å²) in [5, 5.41) is 4.42. The number of hydrogen-bond acceptors (Lipinski definition) is 5. The predicted molar refractivity (Wildman–Crippen MR) is 137 cm³/mol. The molecule has 0 bridgehead atoms. The molecule has 8 heteroatoms. The van der Waals surface area contributed by atoms with Gasteiger partial charge in [0.1, 0.15) is 11.5 Å². The number of hydrogen-bond donors (Lipinski definition) is 1. The summed E-state index contributed by atoms with van der Waals surface area (Å²) in [5.41, 5.74) is 5.57. The Balaban J connectivity index is 1.51. The van der Waals surface area contributed by atoms with E-state index in [1.54, 1.807) is 48.5 Å². The molecule has 0 atom stereocenters. The zero-order valence-electron chi connectivity index (χ0n) is 19.0. The van der Waals surface area contributed by atoms with Gasteiger partial charge in [0.05, 0.1) is 11.8 Å². The van der Waals surface area contributed by atoms with Crippen LogP contribution in [0.4, 0.5) is 0 Å². The van der Waals surface area contributed by atoms with Crippen molar-refractivity contribution in [2.24, 2.45) is 5.10 Å². The number of benzene rings is 3. The maximum atomic E-state index is 12.2. The summed E-state index contributed by atoms with van der Waals surface area (Å²) in [4.78, 5) is 24.3. The summed E-state index contributed by atoms with van der Waals surface area (Å²) >= 11 is 9.43. The summed E-state index contributed by atoms with van der Waals surface area (Å²) in [6.07, 6.45) is 1.49. The number of carbonyl (C=O) groups excluding carboxylic acids is 2. The van der Waals surface area contributed by atoms with Crippen LogP contribution < -0.4 is 14.9 Å². The van der Waals surface area contributed by atoms with Crippen LogP contribution in [0.15, 0.2) is 70.2 Å². The Labute approximate surface area is 212 Å². The number of nitrogens with zero attached hydrogens (tertiary/aromatic N) is 1. The molecule has 0 saturated carbocycles. The number of rotatable bonds is 8. The van der Waals surface area contributed by atoms with E-state index in [1.807, 2.05) is 19.1 Å². The third-order valence-corrected chi connectivity index (χ3v) is 5.92. The van der Waals surface area contributed by atoms with Gasteiger partial charge in [-0.3, -0.25) is 4.79 Å². The number of esters is 1. The van der Waals surface area contributed by atoms with E-state index in [4.69, 9.17) is 21.1 Å². The minimum atomic E-state index is -0.502. The first-order chi connectivity index (χ1) is 16.2. The van der Waals surface area contributed by atoms with E-state index in [-0.39, 0.29) is 18.4 Å². The highest BCUT2D eigenvalue weighted by Gasteiger charge is 2.12. The molecule has 0 unspecified atom stereocenters. The quantitative estimate of drug-likeness (QED) is 0.157. The minimum Gasteiger partial charge on any atom is -0.483 e. The molecule has 0 fully saturated rings. The van der Waals surface area contributed by atoms with E-state index in [0.717, 1.165) is 21.2 Å². The molecule has 176 valence electrons. The number of aryl methyl sites for hydroxylation is 1. The summed E-state index contributed by atoms with van der Waals surface area (Å²) in [7, 11) is 0. The number of carbonyl (C=O) groups is 2. The van der Waals surface area contributed by atoms with Crippen molar-refractivity contribution in [1.29, 1.82) is 0 Å². The smallest absolute Gasteiger partial charge is 0.343 e. The van der Waals surface area contributed by atoms with Crippen LogP contribution in [-0.2, 0) is 4.79 Å². The second-order valence-corrected chi connectivity index (χ2v) is 9.14. The second-order valence-electron chi connectivity index (χ2n) is 7.84. The molecule has 0 saturated heterocycles. The van der Waals surface area contributed by atoms with Gasteiger partial charge in [0, 0.05) is 9.50 Å². The standard InChI is InChI=1S/C26H24BrClN2O4/c1-16(2)22-13-23(27)17(3)11-24(22)33-15-25(31)30-29-14-18-7-9-21(10-8-18)34-26(32)19-5-4-6-20(28)12-19/h4-14,16H,15H2,1-3H3,(H,30,31)/b29-14+. The Morgan fingerprint density at radius 1 is 1.12 bits per heavy atom. The van der Waals surface area contributed by atoms with Crippen molar-refractivity contribution in [3.8, 4) is 11.5 Å². The SMILES string of the molecule is Cc1cc(OCC(=O)N/N=C/c2ccc(OC(=O)c3cccc(Cl)c3)cc2)c(C(C)C)cc1Br. The van der Waals surface area contributed by atoms with E-state index < -0.39 is 5.97 Å². The van der Waals surface area contributed by atoms with Crippen LogP contribution in [0.1, 0.15) is 46.8 Å². The average molecular weight is 544 g/mol. The Hall–Kier alpha value is -3.16. The lowest BCUT2D eigenvalue weighted by atomic mass is 10.0. The first kappa shape index (κ1) is 25.5. The molecule has 1 N–H and O–H groups in total. The van der Waals surface area contributed by atoms with Crippen molar-refractivity contribution < 1.29 is 19.1 Å². The molecular formula is C26H24BrClN2O4. The number of halogens is 2. The molecule has 1 amide bonds. The van der Waals surface area contributed by atoms with Gasteiger partial charge in [0.15, 0.2) is 6.61 Å². The van der Waals surface area contributed by atoms with Gasteiger partial charge in [-0.2, -0.15) is 5.10 Å². The predicted octanol–water partition coefficient (Wildman–Crippen LogP) is 6.28. The minimum absolute atomic E-state index is 0.156. The van der Waals surface area contributed by atoms with Crippen molar-refractivity contribution in [1.82, 2.24) is 5.43 Å². The largest absolute Gasteiger partial charge is 0.483 e. The number of nitrogens with one attached hydrogen (secondary N) is 1. The fourth-order valence-corrected chi connectivity index (χ4v) is 3.56. The van der Waals surface area contributed by atoms with Gasteiger partial charge < -0.3 is 9.47 Å². The van der Waals surface area contributed by atoms with Crippen LogP contribution in [0.25, 0.3) is 0 Å². The van der Waals surface area contributed by atoms with Crippen LogP contribution >= 0.6 is 27.5 Å².